The van der Waals surface area contributed by atoms with Crippen LogP contribution in [0.2, 0.25) is 0 Å². The first-order chi connectivity index (χ1) is 9.24. The maximum atomic E-state index is 12.5. The van der Waals surface area contributed by atoms with Crippen LogP contribution in [-0.2, 0) is 0 Å². The number of benzene rings is 2. The van der Waals surface area contributed by atoms with Crippen molar-refractivity contribution in [1.29, 1.82) is 0 Å². The Kier molecular flexibility index (Phi) is 4.18. The molecule has 98 valence electrons. The molecule has 0 saturated heterocycles. The molecule has 19 heavy (non-hydrogen) atoms. The molecule has 0 fully saturated rings. The van der Waals surface area contributed by atoms with Crippen LogP contribution in [0.4, 0.5) is 5.69 Å². The fourth-order valence-corrected chi connectivity index (χ4v) is 1.87. The zero-order valence-electron chi connectivity index (χ0n) is 11.2. The molecule has 2 aromatic carbocycles. The lowest BCUT2D eigenvalue weighted by Gasteiger charge is -2.19. The van der Waals surface area contributed by atoms with Crippen LogP contribution in [-0.4, -0.2) is 19.6 Å². The van der Waals surface area contributed by atoms with Crippen molar-refractivity contribution in [3.05, 3.63) is 60.2 Å². The Bertz CT molecular complexity index is 552. The number of hydrogen-bond donors (Lipinski definition) is 0. The summed E-state index contributed by atoms with van der Waals surface area (Å²) in [5.41, 5.74) is 1.44. The molecule has 1 amide bonds. The Morgan fingerprint density at radius 2 is 1.68 bits per heavy atom. The fraction of sp³-hybridized carbons (Fsp3) is 0.188. The molecule has 0 unspecified atom stereocenters. The third-order valence-corrected chi connectivity index (χ3v) is 2.87. The lowest BCUT2D eigenvalue weighted by atomic mass is 10.1. The van der Waals surface area contributed by atoms with Crippen LogP contribution in [0, 0.1) is 0 Å². The van der Waals surface area contributed by atoms with Gasteiger partial charge in [-0.2, -0.15) is 0 Å². The standard InChI is InChI=1S/C16H17NO2/c1-3-19-15-12-8-7-11-14(15)16(18)17(2)13-9-5-4-6-10-13/h4-12H,3H2,1-2H3. The van der Waals surface area contributed by atoms with Gasteiger partial charge in [-0.3, -0.25) is 4.79 Å². The van der Waals surface area contributed by atoms with Crippen LogP contribution in [0.3, 0.4) is 0 Å². The predicted molar refractivity (Wildman–Crippen MR) is 76.8 cm³/mol. The molecule has 2 aromatic rings. The second-order valence-electron chi connectivity index (χ2n) is 4.13. The summed E-state index contributed by atoms with van der Waals surface area (Å²) in [5.74, 6) is 0.549. The normalized spacial score (nSPS) is 10.0. The van der Waals surface area contributed by atoms with Gasteiger partial charge in [-0.25, -0.2) is 0 Å². The van der Waals surface area contributed by atoms with E-state index in [1.807, 2.05) is 55.5 Å². The number of carbonyl (C=O) groups is 1. The number of amides is 1. The van der Waals surface area contributed by atoms with Gasteiger partial charge in [-0.05, 0) is 31.2 Å². The van der Waals surface area contributed by atoms with Crippen molar-refractivity contribution in [2.75, 3.05) is 18.6 Å². The van der Waals surface area contributed by atoms with Gasteiger partial charge in [0, 0.05) is 12.7 Å². The highest BCUT2D eigenvalue weighted by molar-refractivity contribution is 6.07. The molecule has 0 N–H and O–H groups in total. The quantitative estimate of drug-likeness (QED) is 0.838. The van der Waals surface area contributed by atoms with E-state index >= 15 is 0 Å². The van der Waals surface area contributed by atoms with Crippen molar-refractivity contribution in [1.82, 2.24) is 0 Å². The minimum Gasteiger partial charge on any atom is -0.493 e. The Morgan fingerprint density at radius 1 is 1.05 bits per heavy atom. The minimum atomic E-state index is -0.0738. The fourth-order valence-electron chi connectivity index (χ4n) is 1.87. The number of carbonyl (C=O) groups excluding carboxylic acids is 1. The van der Waals surface area contributed by atoms with Crippen molar-refractivity contribution >= 4 is 11.6 Å². The highest BCUT2D eigenvalue weighted by Crippen LogP contribution is 2.22. The molecule has 0 saturated carbocycles. The number of rotatable bonds is 4. The van der Waals surface area contributed by atoms with Gasteiger partial charge in [0.15, 0.2) is 0 Å². The Labute approximate surface area is 113 Å². The van der Waals surface area contributed by atoms with E-state index in [1.54, 1.807) is 18.0 Å². The average molecular weight is 255 g/mol. The topological polar surface area (TPSA) is 29.5 Å². The first-order valence-corrected chi connectivity index (χ1v) is 6.29. The van der Waals surface area contributed by atoms with E-state index in [0.29, 0.717) is 17.9 Å². The van der Waals surface area contributed by atoms with Gasteiger partial charge >= 0.3 is 0 Å². The van der Waals surface area contributed by atoms with Gasteiger partial charge in [0.1, 0.15) is 5.75 Å². The number of anilines is 1. The number of para-hydroxylation sites is 2. The molecule has 3 heteroatoms. The highest BCUT2D eigenvalue weighted by atomic mass is 16.5. The van der Waals surface area contributed by atoms with Gasteiger partial charge in [-0.15, -0.1) is 0 Å². The second kappa shape index (κ2) is 6.05. The zero-order valence-corrected chi connectivity index (χ0v) is 11.2. The van der Waals surface area contributed by atoms with E-state index in [-0.39, 0.29) is 5.91 Å². The first-order valence-electron chi connectivity index (χ1n) is 6.29. The van der Waals surface area contributed by atoms with Gasteiger partial charge in [-0.1, -0.05) is 30.3 Å². The SMILES string of the molecule is CCOc1ccccc1C(=O)N(C)c1ccccc1. The maximum absolute atomic E-state index is 12.5. The smallest absolute Gasteiger partial charge is 0.261 e. The highest BCUT2D eigenvalue weighted by Gasteiger charge is 2.17. The molecule has 0 atom stereocenters. The summed E-state index contributed by atoms with van der Waals surface area (Å²) in [7, 11) is 1.76. The summed E-state index contributed by atoms with van der Waals surface area (Å²) < 4.78 is 5.50. The van der Waals surface area contributed by atoms with Crippen LogP contribution in [0.1, 0.15) is 17.3 Å². The van der Waals surface area contributed by atoms with Crippen molar-refractivity contribution in [3.8, 4) is 5.75 Å². The van der Waals surface area contributed by atoms with Crippen molar-refractivity contribution in [3.63, 3.8) is 0 Å². The van der Waals surface area contributed by atoms with Gasteiger partial charge in [0.2, 0.25) is 0 Å². The van der Waals surface area contributed by atoms with Crippen LogP contribution in [0.25, 0.3) is 0 Å². The second-order valence-corrected chi connectivity index (χ2v) is 4.13. The Morgan fingerprint density at radius 3 is 2.37 bits per heavy atom. The van der Waals surface area contributed by atoms with Crippen molar-refractivity contribution < 1.29 is 9.53 Å². The zero-order chi connectivity index (χ0) is 13.7. The molecule has 3 nitrogen and oxygen atoms in total. The van der Waals surface area contributed by atoms with Gasteiger partial charge in [0.25, 0.3) is 5.91 Å². The predicted octanol–water partition coefficient (Wildman–Crippen LogP) is 3.36. The third kappa shape index (κ3) is 2.94. The van der Waals surface area contributed by atoms with E-state index in [2.05, 4.69) is 0 Å². The van der Waals surface area contributed by atoms with E-state index in [4.69, 9.17) is 4.74 Å². The number of hydrogen-bond acceptors (Lipinski definition) is 2. The summed E-state index contributed by atoms with van der Waals surface area (Å²) in [6.07, 6.45) is 0. The van der Waals surface area contributed by atoms with Crippen molar-refractivity contribution in [2.45, 2.75) is 6.92 Å². The van der Waals surface area contributed by atoms with E-state index in [1.165, 1.54) is 0 Å². The molecule has 0 bridgehead atoms. The van der Waals surface area contributed by atoms with Crippen LogP contribution in [0.5, 0.6) is 5.75 Å². The molecule has 0 radical (unpaired) electrons. The monoisotopic (exact) mass is 255 g/mol. The molecule has 2 rings (SSSR count). The molecule has 0 aliphatic heterocycles. The van der Waals surface area contributed by atoms with Crippen LogP contribution in [0.15, 0.2) is 54.6 Å². The maximum Gasteiger partial charge on any atom is 0.261 e. The Hall–Kier alpha value is -2.29. The minimum absolute atomic E-state index is 0.0738. The van der Waals surface area contributed by atoms with Gasteiger partial charge in [0.05, 0.1) is 12.2 Å². The van der Waals surface area contributed by atoms with Crippen LogP contribution < -0.4 is 9.64 Å². The number of nitrogens with zero attached hydrogens (tertiary/aromatic N) is 1. The summed E-state index contributed by atoms with van der Waals surface area (Å²) >= 11 is 0. The molecular weight excluding hydrogens is 238 g/mol. The molecule has 0 aliphatic rings. The van der Waals surface area contributed by atoms with E-state index in [9.17, 15) is 4.79 Å². The van der Waals surface area contributed by atoms with E-state index < -0.39 is 0 Å². The summed E-state index contributed by atoms with van der Waals surface area (Å²) in [5, 5.41) is 0. The third-order valence-electron chi connectivity index (χ3n) is 2.87. The average Bonchev–Trinajstić information content (AvgIpc) is 2.47. The summed E-state index contributed by atoms with van der Waals surface area (Å²) in [6, 6.07) is 16.9. The van der Waals surface area contributed by atoms with Crippen LogP contribution >= 0.6 is 0 Å². The van der Waals surface area contributed by atoms with Crippen molar-refractivity contribution in [2.24, 2.45) is 0 Å². The number of ether oxygens (including phenoxy) is 1. The molecular formula is C16H17NO2. The lowest BCUT2D eigenvalue weighted by molar-refractivity contribution is 0.0989. The Balaban J connectivity index is 2.29. The summed E-state index contributed by atoms with van der Waals surface area (Å²) in [6.45, 7) is 2.45. The molecule has 0 spiro atoms. The van der Waals surface area contributed by atoms with E-state index in [0.717, 1.165) is 5.69 Å². The lowest BCUT2D eigenvalue weighted by Crippen LogP contribution is -2.26. The molecule has 0 heterocycles. The molecule has 0 aromatic heterocycles. The largest absolute Gasteiger partial charge is 0.493 e. The molecule has 0 aliphatic carbocycles. The van der Waals surface area contributed by atoms with Gasteiger partial charge < -0.3 is 9.64 Å². The summed E-state index contributed by atoms with van der Waals surface area (Å²) in [4.78, 5) is 14.1. The first kappa shape index (κ1) is 13.1.